The average Bonchev–Trinajstić information content (AvgIpc) is 2.89. The van der Waals surface area contributed by atoms with Crippen LogP contribution in [0.4, 0.5) is 4.79 Å². The molecular weight excluding hydrogens is 308 g/mol. The predicted octanol–water partition coefficient (Wildman–Crippen LogP) is 3.18. The van der Waals surface area contributed by atoms with Crippen molar-refractivity contribution in [3.63, 3.8) is 0 Å². The van der Waals surface area contributed by atoms with Gasteiger partial charge in [0.2, 0.25) is 0 Å². The number of hydrogen-bond acceptors (Lipinski definition) is 4. The summed E-state index contributed by atoms with van der Waals surface area (Å²) in [5, 5.41) is 0.971. The summed E-state index contributed by atoms with van der Waals surface area (Å²) in [5.41, 5.74) is 2.11. The summed E-state index contributed by atoms with van der Waals surface area (Å²) in [4.78, 5) is 25.6. The zero-order valence-electron chi connectivity index (χ0n) is 14.5. The van der Waals surface area contributed by atoms with Crippen LogP contribution < -0.4 is 0 Å². The van der Waals surface area contributed by atoms with Gasteiger partial charge < -0.3 is 18.9 Å². The molecule has 0 fully saturated rings. The molecule has 128 valence electrons. The normalized spacial score (nSPS) is 14.4. The van der Waals surface area contributed by atoms with Crippen LogP contribution >= 0.6 is 0 Å². The molecule has 0 N–H and O–H groups in total. The number of rotatable bonds is 1. The third kappa shape index (κ3) is 3.09. The van der Waals surface area contributed by atoms with Gasteiger partial charge >= 0.3 is 12.1 Å². The molecule has 0 bridgehead atoms. The lowest BCUT2D eigenvalue weighted by atomic mass is 10.1. The number of carbonyl (C=O) groups excluding carboxylic acids is 2. The van der Waals surface area contributed by atoms with E-state index < -0.39 is 5.60 Å². The van der Waals surface area contributed by atoms with Crippen molar-refractivity contribution in [3.05, 3.63) is 35.5 Å². The number of fused-ring (bicyclic) bond motifs is 3. The van der Waals surface area contributed by atoms with Gasteiger partial charge in [0, 0.05) is 29.7 Å². The zero-order valence-corrected chi connectivity index (χ0v) is 14.5. The van der Waals surface area contributed by atoms with Crippen LogP contribution in [-0.4, -0.2) is 40.8 Å². The molecule has 1 aliphatic heterocycles. The van der Waals surface area contributed by atoms with Gasteiger partial charge in [-0.1, -0.05) is 0 Å². The lowest BCUT2D eigenvalue weighted by molar-refractivity contribution is 0.0200. The molecule has 24 heavy (non-hydrogen) atoms. The molecule has 0 saturated heterocycles. The highest BCUT2D eigenvalue weighted by Gasteiger charge is 2.26. The van der Waals surface area contributed by atoms with Crippen molar-refractivity contribution < 1.29 is 19.1 Å². The van der Waals surface area contributed by atoms with E-state index >= 15 is 0 Å². The van der Waals surface area contributed by atoms with Crippen LogP contribution in [0.3, 0.4) is 0 Å². The molecule has 2 heterocycles. The molecule has 3 rings (SSSR count). The minimum atomic E-state index is -0.503. The Morgan fingerprint density at radius 2 is 1.88 bits per heavy atom. The molecule has 1 amide bonds. The van der Waals surface area contributed by atoms with E-state index in [4.69, 9.17) is 9.47 Å². The quantitative estimate of drug-likeness (QED) is 0.754. The van der Waals surface area contributed by atoms with Gasteiger partial charge in [-0.05, 0) is 45.0 Å². The van der Waals surface area contributed by atoms with Crippen molar-refractivity contribution in [3.8, 4) is 0 Å². The van der Waals surface area contributed by atoms with Gasteiger partial charge in [-0.25, -0.2) is 9.59 Å². The highest BCUT2D eigenvalue weighted by atomic mass is 16.6. The standard InChI is InChI=1S/C18H22N2O4/c1-18(2,3)24-17(22)19-7-8-20-14(11-19)10-13-9-12(16(21)23-4)5-6-15(13)20/h5-6,9-10H,7-8,11H2,1-4H3. The fourth-order valence-corrected chi connectivity index (χ4v) is 2.95. The van der Waals surface area contributed by atoms with E-state index in [0.717, 1.165) is 16.6 Å². The summed E-state index contributed by atoms with van der Waals surface area (Å²) in [7, 11) is 1.37. The zero-order chi connectivity index (χ0) is 17.5. The van der Waals surface area contributed by atoms with E-state index in [2.05, 4.69) is 4.57 Å². The molecule has 0 atom stereocenters. The van der Waals surface area contributed by atoms with Crippen LogP contribution in [0.15, 0.2) is 24.3 Å². The van der Waals surface area contributed by atoms with Gasteiger partial charge in [-0.3, -0.25) is 0 Å². The van der Waals surface area contributed by atoms with Crippen molar-refractivity contribution in [2.45, 2.75) is 39.5 Å². The van der Waals surface area contributed by atoms with Crippen LogP contribution in [0.2, 0.25) is 0 Å². The van der Waals surface area contributed by atoms with Crippen LogP contribution in [0.25, 0.3) is 10.9 Å². The molecule has 1 aromatic heterocycles. The molecular formula is C18H22N2O4. The predicted molar refractivity (Wildman–Crippen MR) is 89.9 cm³/mol. The van der Waals surface area contributed by atoms with E-state index in [1.165, 1.54) is 7.11 Å². The Balaban J connectivity index is 1.87. The Kier molecular flexibility index (Phi) is 3.99. The number of nitrogens with zero attached hydrogens (tertiary/aromatic N) is 2. The molecule has 1 aliphatic rings. The van der Waals surface area contributed by atoms with Gasteiger partial charge in [-0.2, -0.15) is 0 Å². The van der Waals surface area contributed by atoms with E-state index in [1.807, 2.05) is 39.0 Å². The number of aromatic nitrogens is 1. The molecule has 0 spiro atoms. The van der Waals surface area contributed by atoms with Crippen molar-refractivity contribution in [2.75, 3.05) is 13.7 Å². The van der Waals surface area contributed by atoms with Crippen molar-refractivity contribution in [1.82, 2.24) is 9.47 Å². The minimum absolute atomic E-state index is 0.297. The van der Waals surface area contributed by atoms with E-state index in [-0.39, 0.29) is 12.1 Å². The summed E-state index contributed by atoms with van der Waals surface area (Å²) < 4.78 is 12.4. The van der Waals surface area contributed by atoms with Gasteiger partial charge in [0.15, 0.2) is 0 Å². The molecule has 6 heteroatoms. The maximum Gasteiger partial charge on any atom is 0.410 e. The SMILES string of the molecule is COC(=O)c1ccc2c(c1)cc1n2CCN(C(=O)OC(C)(C)C)C1. The first-order valence-corrected chi connectivity index (χ1v) is 7.97. The fraction of sp³-hybridized carbons (Fsp3) is 0.444. The molecule has 0 saturated carbocycles. The third-order valence-corrected chi connectivity index (χ3v) is 4.01. The van der Waals surface area contributed by atoms with E-state index in [0.29, 0.717) is 25.2 Å². The van der Waals surface area contributed by atoms with Gasteiger partial charge in [0.25, 0.3) is 0 Å². The van der Waals surface area contributed by atoms with E-state index in [9.17, 15) is 9.59 Å². The van der Waals surface area contributed by atoms with Gasteiger partial charge in [-0.15, -0.1) is 0 Å². The molecule has 0 unspecified atom stereocenters. The number of hydrogen-bond donors (Lipinski definition) is 0. The average molecular weight is 330 g/mol. The third-order valence-electron chi connectivity index (χ3n) is 4.01. The number of ether oxygens (including phenoxy) is 2. The van der Waals surface area contributed by atoms with E-state index in [1.54, 1.807) is 11.0 Å². The first-order chi connectivity index (χ1) is 11.3. The second-order valence-corrected chi connectivity index (χ2v) is 6.95. The first-order valence-electron chi connectivity index (χ1n) is 7.97. The monoisotopic (exact) mass is 330 g/mol. The maximum atomic E-state index is 12.3. The Bertz CT molecular complexity index is 801. The highest BCUT2D eigenvalue weighted by molar-refractivity contribution is 5.95. The second-order valence-electron chi connectivity index (χ2n) is 6.95. The number of amides is 1. The molecule has 0 radical (unpaired) electrons. The number of benzene rings is 1. The Morgan fingerprint density at radius 3 is 2.54 bits per heavy atom. The summed E-state index contributed by atoms with van der Waals surface area (Å²) >= 11 is 0. The Hall–Kier alpha value is -2.50. The number of methoxy groups -OCH3 is 1. The van der Waals surface area contributed by atoms with Crippen LogP contribution in [0.5, 0.6) is 0 Å². The lowest BCUT2D eigenvalue weighted by Crippen LogP contribution is -2.41. The smallest absolute Gasteiger partial charge is 0.410 e. The van der Waals surface area contributed by atoms with Crippen molar-refractivity contribution in [1.29, 1.82) is 0 Å². The fourth-order valence-electron chi connectivity index (χ4n) is 2.95. The number of carbonyl (C=O) groups is 2. The summed E-state index contributed by atoms with van der Waals surface area (Å²) in [6.07, 6.45) is -0.297. The first kappa shape index (κ1) is 16.4. The van der Waals surface area contributed by atoms with Crippen molar-refractivity contribution >= 4 is 23.0 Å². The largest absolute Gasteiger partial charge is 0.465 e. The summed E-state index contributed by atoms with van der Waals surface area (Å²) in [6.45, 7) is 7.39. The van der Waals surface area contributed by atoms with Gasteiger partial charge in [0.05, 0.1) is 19.2 Å². The molecule has 1 aromatic carbocycles. The Morgan fingerprint density at radius 1 is 1.12 bits per heavy atom. The van der Waals surface area contributed by atoms with Crippen molar-refractivity contribution in [2.24, 2.45) is 0 Å². The number of esters is 1. The topological polar surface area (TPSA) is 60.8 Å². The summed E-state index contributed by atoms with van der Waals surface area (Å²) in [6, 6.07) is 7.53. The molecule has 0 aliphatic carbocycles. The maximum absolute atomic E-state index is 12.3. The van der Waals surface area contributed by atoms with Crippen LogP contribution in [-0.2, 0) is 22.6 Å². The Labute approximate surface area is 140 Å². The van der Waals surface area contributed by atoms with Crippen LogP contribution in [0, 0.1) is 0 Å². The molecule has 2 aromatic rings. The highest BCUT2D eigenvalue weighted by Crippen LogP contribution is 2.26. The summed E-state index contributed by atoms with van der Waals surface area (Å²) in [5.74, 6) is -0.351. The second kappa shape index (κ2) is 5.85. The van der Waals surface area contributed by atoms with Gasteiger partial charge in [0.1, 0.15) is 5.60 Å². The van der Waals surface area contributed by atoms with Crippen LogP contribution in [0.1, 0.15) is 36.8 Å². The lowest BCUT2D eigenvalue weighted by Gasteiger charge is -2.31. The molecule has 6 nitrogen and oxygen atoms in total. The minimum Gasteiger partial charge on any atom is -0.465 e.